The lowest BCUT2D eigenvalue weighted by Gasteiger charge is -2.07. The van der Waals surface area contributed by atoms with E-state index >= 15 is 0 Å². The van der Waals surface area contributed by atoms with Crippen molar-refractivity contribution in [2.45, 2.75) is 6.61 Å². The summed E-state index contributed by atoms with van der Waals surface area (Å²) in [4.78, 5) is 12.2. The zero-order valence-electron chi connectivity index (χ0n) is 16.3. The molecule has 0 spiro atoms. The molecule has 3 rings (SSSR count). The number of carbonyl (C=O) groups excluding carboxylic acids is 1. The van der Waals surface area contributed by atoms with Gasteiger partial charge in [-0.1, -0.05) is 36.4 Å². The Morgan fingerprint density at radius 3 is 2.23 bits per heavy atom. The molecular weight excluding hydrogens is 400 g/mol. The van der Waals surface area contributed by atoms with Crippen LogP contribution in [0.4, 0.5) is 0 Å². The standard InChI is InChI=1S/C24H21ClN2O3/c1-2-15-29-22-11-5-18(6-12-22)16-26-27-24(28)20-7-13-23(14-8-20)30-17-19-3-9-21(25)10-4-19/h2-14,16H,1,15,17H2,(H,27,28)/b26-16-. The lowest BCUT2D eigenvalue weighted by molar-refractivity contribution is 0.0955. The van der Waals surface area contributed by atoms with Crippen LogP contribution in [0.3, 0.4) is 0 Å². The topological polar surface area (TPSA) is 59.9 Å². The van der Waals surface area contributed by atoms with Crippen LogP contribution in [0.15, 0.2) is 90.6 Å². The van der Waals surface area contributed by atoms with Crippen LogP contribution in [-0.4, -0.2) is 18.7 Å². The lowest BCUT2D eigenvalue weighted by atomic mass is 10.2. The molecule has 0 radical (unpaired) electrons. The number of nitrogens with zero attached hydrogens (tertiary/aromatic N) is 1. The number of benzene rings is 3. The first-order valence-electron chi connectivity index (χ1n) is 9.28. The summed E-state index contributed by atoms with van der Waals surface area (Å²) in [6.45, 7) is 4.48. The van der Waals surface area contributed by atoms with Gasteiger partial charge in [0.25, 0.3) is 5.91 Å². The van der Waals surface area contributed by atoms with Crippen molar-refractivity contribution >= 4 is 23.7 Å². The van der Waals surface area contributed by atoms with E-state index in [1.54, 1.807) is 36.6 Å². The van der Waals surface area contributed by atoms with Crippen molar-refractivity contribution in [1.29, 1.82) is 0 Å². The third kappa shape index (κ3) is 6.50. The lowest BCUT2D eigenvalue weighted by Crippen LogP contribution is -2.17. The van der Waals surface area contributed by atoms with Crippen LogP contribution < -0.4 is 14.9 Å². The van der Waals surface area contributed by atoms with E-state index in [4.69, 9.17) is 21.1 Å². The number of ether oxygens (including phenoxy) is 2. The molecule has 6 heteroatoms. The molecule has 152 valence electrons. The molecule has 0 bridgehead atoms. The second kappa shape index (κ2) is 10.8. The first kappa shape index (κ1) is 21.1. The summed E-state index contributed by atoms with van der Waals surface area (Å²) in [7, 11) is 0. The van der Waals surface area contributed by atoms with Crippen LogP contribution in [0, 0.1) is 0 Å². The van der Waals surface area contributed by atoms with Crippen molar-refractivity contribution in [3.05, 3.63) is 107 Å². The molecule has 0 unspecified atom stereocenters. The first-order chi connectivity index (χ1) is 14.6. The highest BCUT2D eigenvalue weighted by molar-refractivity contribution is 6.30. The summed E-state index contributed by atoms with van der Waals surface area (Å²) in [5.74, 6) is 1.11. The number of amides is 1. The van der Waals surface area contributed by atoms with Gasteiger partial charge in [0.05, 0.1) is 6.21 Å². The van der Waals surface area contributed by atoms with Crippen LogP contribution in [0.2, 0.25) is 5.02 Å². The van der Waals surface area contributed by atoms with Crippen LogP contribution in [-0.2, 0) is 6.61 Å². The summed E-state index contributed by atoms with van der Waals surface area (Å²) < 4.78 is 11.1. The smallest absolute Gasteiger partial charge is 0.271 e. The number of carbonyl (C=O) groups is 1. The molecular formula is C24H21ClN2O3. The molecule has 30 heavy (non-hydrogen) atoms. The zero-order chi connectivity index (χ0) is 21.2. The van der Waals surface area contributed by atoms with Crippen molar-refractivity contribution in [3.8, 4) is 11.5 Å². The number of hydrogen-bond donors (Lipinski definition) is 1. The fourth-order valence-electron chi connectivity index (χ4n) is 2.49. The maximum absolute atomic E-state index is 12.2. The molecule has 0 saturated carbocycles. The molecule has 0 atom stereocenters. The Balaban J connectivity index is 1.48. The average molecular weight is 421 g/mol. The van der Waals surface area contributed by atoms with E-state index in [1.807, 2.05) is 48.5 Å². The quantitative estimate of drug-likeness (QED) is 0.292. The molecule has 5 nitrogen and oxygen atoms in total. The van der Waals surface area contributed by atoms with Gasteiger partial charge in [0.1, 0.15) is 24.7 Å². The van der Waals surface area contributed by atoms with E-state index in [0.29, 0.717) is 29.5 Å². The highest BCUT2D eigenvalue weighted by Crippen LogP contribution is 2.16. The highest BCUT2D eigenvalue weighted by atomic mass is 35.5. The van der Waals surface area contributed by atoms with Gasteiger partial charge in [0.15, 0.2) is 0 Å². The summed E-state index contributed by atoms with van der Waals surface area (Å²) in [5, 5.41) is 4.68. The van der Waals surface area contributed by atoms with Crippen LogP contribution >= 0.6 is 11.6 Å². The van der Waals surface area contributed by atoms with Crippen molar-refractivity contribution in [1.82, 2.24) is 5.43 Å². The fourth-order valence-corrected chi connectivity index (χ4v) is 2.61. The molecule has 0 fully saturated rings. The minimum atomic E-state index is -0.304. The third-order valence-electron chi connectivity index (χ3n) is 4.06. The molecule has 3 aromatic rings. The predicted molar refractivity (Wildman–Crippen MR) is 119 cm³/mol. The molecule has 0 heterocycles. The van der Waals surface area contributed by atoms with Crippen molar-refractivity contribution in [2.24, 2.45) is 5.10 Å². The number of hydrazone groups is 1. The van der Waals surface area contributed by atoms with Crippen molar-refractivity contribution in [2.75, 3.05) is 6.61 Å². The Kier molecular flexibility index (Phi) is 7.64. The summed E-state index contributed by atoms with van der Waals surface area (Å²) in [6, 6.07) is 21.7. The first-order valence-corrected chi connectivity index (χ1v) is 9.66. The second-order valence-electron chi connectivity index (χ2n) is 6.31. The van der Waals surface area contributed by atoms with Crippen LogP contribution in [0.5, 0.6) is 11.5 Å². The van der Waals surface area contributed by atoms with Gasteiger partial charge in [-0.25, -0.2) is 5.43 Å². The van der Waals surface area contributed by atoms with Gasteiger partial charge in [-0.05, 0) is 71.8 Å². The molecule has 1 amide bonds. The highest BCUT2D eigenvalue weighted by Gasteiger charge is 2.05. The number of rotatable bonds is 9. The molecule has 0 aromatic heterocycles. The van der Waals surface area contributed by atoms with Gasteiger partial charge in [-0.2, -0.15) is 5.10 Å². The molecule has 0 aliphatic heterocycles. The minimum Gasteiger partial charge on any atom is -0.490 e. The molecule has 0 aliphatic carbocycles. The Hall–Kier alpha value is -3.57. The largest absolute Gasteiger partial charge is 0.490 e. The molecule has 3 aromatic carbocycles. The van der Waals surface area contributed by atoms with E-state index in [-0.39, 0.29) is 5.91 Å². The molecule has 0 saturated heterocycles. The van der Waals surface area contributed by atoms with Crippen molar-refractivity contribution in [3.63, 3.8) is 0 Å². The molecule has 1 N–H and O–H groups in total. The van der Waals surface area contributed by atoms with Gasteiger partial charge in [-0.3, -0.25) is 4.79 Å². The maximum Gasteiger partial charge on any atom is 0.271 e. The van der Waals surface area contributed by atoms with Gasteiger partial charge in [0, 0.05) is 10.6 Å². The summed E-state index contributed by atoms with van der Waals surface area (Å²) in [5.41, 5.74) is 4.85. The predicted octanol–water partition coefficient (Wildman–Crippen LogP) is 5.25. The number of halogens is 1. The Morgan fingerprint density at radius 2 is 1.57 bits per heavy atom. The minimum absolute atomic E-state index is 0.304. The monoisotopic (exact) mass is 420 g/mol. The SMILES string of the molecule is C=CCOc1ccc(/C=N\NC(=O)c2ccc(OCc3ccc(Cl)cc3)cc2)cc1. The normalized spacial score (nSPS) is 10.6. The van der Waals surface area contributed by atoms with Crippen LogP contribution in [0.25, 0.3) is 0 Å². The summed E-state index contributed by atoms with van der Waals surface area (Å²) >= 11 is 5.87. The van der Waals surface area contributed by atoms with Gasteiger partial charge < -0.3 is 9.47 Å². The average Bonchev–Trinajstić information content (AvgIpc) is 2.78. The third-order valence-corrected chi connectivity index (χ3v) is 4.31. The number of nitrogens with one attached hydrogen (secondary N) is 1. The summed E-state index contributed by atoms with van der Waals surface area (Å²) in [6.07, 6.45) is 3.25. The molecule has 0 aliphatic rings. The Bertz CT molecular complexity index is 998. The Morgan fingerprint density at radius 1 is 0.933 bits per heavy atom. The van der Waals surface area contributed by atoms with E-state index in [9.17, 15) is 4.79 Å². The maximum atomic E-state index is 12.2. The van der Waals surface area contributed by atoms with E-state index in [2.05, 4.69) is 17.1 Å². The van der Waals surface area contributed by atoms with E-state index in [0.717, 1.165) is 16.9 Å². The van der Waals surface area contributed by atoms with Gasteiger partial charge >= 0.3 is 0 Å². The van der Waals surface area contributed by atoms with Gasteiger partial charge in [0.2, 0.25) is 0 Å². The van der Waals surface area contributed by atoms with E-state index in [1.165, 1.54) is 0 Å². The second-order valence-corrected chi connectivity index (χ2v) is 6.74. The number of hydrogen-bond acceptors (Lipinski definition) is 4. The van der Waals surface area contributed by atoms with Crippen LogP contribution in [0.1, 0.15) is 21.5 Å². The Labute approximate surface area is 180 Å². The zero-order valence-corrected chi connectivity index (χ0v) is 17.0. The fraction of sp³-hybridized carbons (Fsp3) is 0.0833. The van der Waals surface area contributed by atoms with Gasteiger partial charge in [-0.15, -0.1) is 0 Å². The van der Waals surface area contributed by atoms with E-state index < -0.39 is 0 Å². The van der Waals surface area contributed by atoms with Crippen molar-refractivity contribution < 1.29 is 14.3 Å².